The molecule has 2 rings (SSSR count). The molecular weight excluding hydrogens is 368 g/mol. The van der Waals surface area contributed by atoms with E-state index in [1.54, 1.807) is 12.1 Å². The molecule has 0 spiro atoms. The van der Waals surface area contributed by atoms with E-state index in [4.69, 9.17) is 10.5 Å². The highest BCUT2D eigenvalue weighted by molar-refractivity contribution is 5.95. The van der Waals surface area contributed by atoms with Crippen molar-refractivity contribution < 1.29 is 13.9 Å². The zero-order chi connectivity index (χ0) is 17.0. The van der Waals surface area contributed by atoms with Crippen LogP contribution < -0.4 is 16.4 Å². The molecule has 1 fully saturated rings. The van der Waals surface area contributed by atoms with Crippen molar-refractivity contribution in [2.24, 2.45) is 11.1 Å². The minimum atomic E-state index is -0.664. The van der Waals surface area contributed by atoms with Gasteiger partial charge in [-0.05, 0) is 36.5 Å². The maximum atomic E-state index is 14.1. The van der Waals surface area contributed by atoms with E-state index in [2.05, 4.69) is 10.6 Å². The maximum absolute atomic E-state index is 14.1. The number of hydrogen-bond donors (Lipinski definition) is 3. The Labute approximate surface area is 161 Å². The monoisotopic (exact) mass is 395 g/mol. The van der Waals surface area contributed by atoms with Gasteiger partial charge in [-0.3, -0.25) is 4.79 Å². The topological polar surface area (TPSA) is 76.4 Å². The van der Waals surface area contributed by atoms with Gasteiger partial charge in [0.15, 0.2) is 0 Å². The molecule has 1 saturated heterocycles. The Bertz CT molecular complexity index is 561. The van der Waals surface area contributed by atoms with Crippen LogP contribution in [0.3, 0.4) is 0 Å². The first-order valence-corrected chi connectivity index (χ1v) is 7.99. The van der Waals surface area contributed by atoms with Crippen LogP contribution in [0.4, 0.5) is 15.8 Å². The van der Waals surface area contributed by atoms with Crippen LogP contribution in [0.25, 0.3) is 0 Å². The Balaban J connectivity index is 0.00000288. The number of nitrogens with one attached hydrogen (secondary N) is 2. The largest absolute Gasteiger partial charge is 0.380 e. The van der Waals surface area contributed by atoms with Gasteiger partial charge in [-0.1, -0.05) is 20.8 Å². The average molecular weight is 396 g/mol. The molecule has 0 aromatic heterocycles. The predicted octanol–water partition coefficient (Wildman–Crippen LogP) is 3.57. The molecule has 1 unspecified atom stereocenters. The molecular formula is C17H28Cl2FN3O2. The molecule has 8 heteroatoms. The summed E-state index contributed by atoms with van der Waals surface area (Å²) in [7, 11) is 0. The van der Waals surface area contributed by atoms with Crippen molar-refractivity contribution in [3.63, 3.8) is 0 Å². The van der Waals surface area contributed by atoms with Crippen LogP contribution in [0.2, 0.25) is 0 Å². The highest BCUT2D eigenvalue weighted by Crippen LogP contribution is 2.22. The zero-order valence-electron chi connectivity index (χ0n) is 14.8. The van der Waals surface area contributed by atoms with Gasteiger partial charge in [-0.2, -0.15) is 0 Å². The lowest BCUT2D eigenvalue weighted by molar-refractivity contribution is -0.119. The van der Waals surface area contributed by atoms with Crippen molar-refractivity contribution in [2.45, 2.75) is 45.8 Å². The second-order valence-corrected chi connectivity index (χ2v) is 7.04. The average Bonchev–Trinajstić information content (AvgIpc) is 2.98. The molecule has 5 nitrogen and oxygen atoms in total. The fourth-order valence-electron chi connectivity index (χ4n) is 2.38. The Hall–Kier alpha value is -1.08. The van der Waals surface area contributed by atoms with Gasteiger partial charge in [-0.25, -0.2) is 4.39 Å². The van der Waals surface area contributed by atoms with Gasteiger partial charge in [0, 0.05) is 18.8 Å². The molecule has 0 bridgehead atoms. The number of ether oxygens (including phenoxy) is 1. The Morgan fingerprint density at radius 3 is 2.60 bits per heavy atom. The minimum Gasteiger partial charge on any atom is -0.380 e. The molecule has 1 aromatic rings. The molecule has 0 radical (unpaired) electrons. The van der Waals surface area contributed by atoms with Gasteiger partial charge in [0.2, 0.25) is 5.91 Å². The molecule has 0 saturated carbocycles. The second kappa shape index (κ2) is 10.2. The number of nitrogens with two attached hydrogens (primary N) is 1. The molecule has 1 aliphatic rings. The third-order valence-corrected chi connectivity index (χ3v) is 4.00. The number of rotatable bonds is 5. The SMILES string of the molecule is CC(C)(C)[C@H](N)C(=O)Nc1ccc(NCC2CCCO2)c(F)c1.Cl.Cl. The molecule has 1 aromatic carbocycles. The van der Waals surface area contributed by atoms with Crippen LogP contribution in [-0.4, -0.2) is 31.2 Å². The molecule has 1 heterocycles. The van der Waals surface area contributed by atoms with Crippen LogP contribution in [0.15, 0.2) is 18.2 Å². The van der Waals surface area contributed by atoms with E-state index in [1.807, 2.05) is 20.8 Å². The minimum absolute atomic E-state index is 0. The summed E-state index contributed by atoms with van der Waals surface area (Å²) in [6.45, 7) is 7.01. The normalized spacial score (nSPS) is 17.9. The van der Waals surface area contributed by atoms with Gasteiger partial charge < -0.3 is 21.1 Å². The van der Waals surface area contributed by atoms with Crippen LogP contribution in [-0.2, 0) is 9.53 Å². The summed E-state index contributed by atoms with van der Waals surface area (Å²) < 4.78 is 19.6. The number of hydrogen-bond acceptors (Lipinski definition) is 4. The molecule has 0 aliphatic carbocycles. The summed E-state index contributed by atoms with van der Waals surface area (Å²) in [5.41, 5.74) is 6.34. The van der Waals surface area contributed by atoms with Crippen LogP contribution in [0, 0.1) is 11.2 Å². The number of carbonyl (C=O) groups excluding carboxylic acids is 1. The summed E-state index contributed by atoms with van der Waals surface area (Å²) in [4.78, 5) is 12.1. The molecule has 1 aliphatic heterocycles. The Kier molecular flexibility index (Phi) is 9.72. The quantitative estimate of drug-likeness (QED) is 0.711. The molecule has 4 N–H and O–H groups in total. The Morgan fingerprint density at radius 1 is 1.40 bits per heavy atom. The molecule has 1 amide bonds. The van der Waals surface area contributed by atoms with Crippen molar-refractivity contribution in [3.05, 3.63) is 24.0 Å². The van der Waals surface area contributed by atoms with E-state index in [-0.39, 0.29) is 42.2 Å². The lowest BCUT2D eigenvalue weighted by Crippen LogP contribution is -2.45. The first kappa shape index (κ1) is 23.9. The number of carbonyl (C=O) groups is 1. The first-order valence-electron chi connectivity index (χ1n) is 7.99. The van der Waals surface area contributed by atoms with Crippen molar-refractivity contribution >= 4 is 42.1 Å². The number of halogens is 3. The van der Waals surface area contributed by atoms with Crippen LogP contribution in [0.1, 0.15) is 33.6 Å². The predicted molar refractivity (Wildman–Crippen MR) is 104 cm³/mol. The summed E-state index contributed by atoms with van der Waals surface area (Å²) in [6.07, 6.45) is 2.18. The van der Waals surface area contributed by atoms with E-state index in [0.717, 1.165) is 19.4 Å². The van der Waals surface area contributed by atoms with Gasteiger partial charge in [-0.15, -0.1) is 24.8 Å². The van der Waals surface area contributed by atoms with E-state index < -0.39 is 11.9 Å². The smallest absolute Gasteiger partial charge is 0.241 e. The van der Waals surface area contributed by atoms with Gasteiger partial charge in [0.1, 0.15) is 5.82 Å². The lowest BCUT2D eigenvalue weighted by atomic mass is 9.87. The van der Waals surface area contributed by atoms with E-state index in [0.29, 0.717) is 17.9 Å². The molecule has 25 heavy (non-hydrogen) atoms. The summed E-state index contributed by atoms with van der Waals surface area (Å²) in [5, 5.41) is 5.70. The standard InChI is InChI=1S/C17H26FN3O2.2ClH/c1-17(2,3)15(19)16(22)21-11-6-7-14(13(18)9-11)20-10-12-5-4-8-23-12;;/h6-7,9,12,15,20H,4-5,8,10,19H2,1-3H3,(H,21,22);2*1H/t12?,15-;;/m1../s1. The second-order valence-electron chi connectivity index (χ2n) is 7.04. The summed E-state index contributed by atoms with van der Waals surface area (Å²) >= 11 is 0. The fraction of sp³-hybridized carbons (Fsp3) is 0.588. The zero-order valence-corrected chi connectivity index (χ0v) is 16.4. The lowest BCUT2D eigenvalue weighted by Gasteiger charge is -2.25. The van der Waals surface area contributed by atoms with Crippen LogP contribution in [0.5, 0.6) is 0 Å². The first-order chi connectivity index (χ1) is 10.8. The molecule has 144 valence electrons. The van der Waals surface area contributed by atoms with Gasteiger partial charge in [0.25, 0.3) is 0 Å². The maximum Gasteiger partial charge on any atom is 0.241 e. The highest BCUT2D eigenvalue weighted by atomic mass is 35.5. The third-order valence-electron chi connectivity index (χ3n) is 4.00. The van der Waals surface area contributed by atoms with Gasteiger partial charge >= 0.3 is 0 Å². The number of anilines is 2. The number of benzene rings is 1. The fourth-order valence-corrected chi connectivity index (χ4v) is 2.38. The molecule has 2 atom stereocenters. The van der Waals surface area contributed by atoms with Crippen LogP contribution >= 0.6 is 24.8 Å². The number of amides is 1. The van der Waals surface area contributed by atoms with Crippen molar-refractivity contribution in [2.75, 3.05) is 23.8 Å². The highest BCUT2D eigenvalue weighted by Gasteiger charge is 2.27. The van der Waals surface area contributed by atoms with Crippen molar-refractivity contribution in [1.29, 1.82) is 0 Å². The van der Waals surface area contributed by atoms with E-state index in [9.17, 15) is 9.18 Å². The van der Waals surface area contributed by atoms with Crippen molar-refractivity contribution in [3.8, 4) is 0 Å². The summed E-state index contributed by atoms with van der Waals surface area (Å²) in [5.74, 6) is -0.734. The summed E-state index contributed by atoms with van der Waals surface area (Å²) in [6, 6.07) is 3.91. The third kappa shape index (κ3) is 6.98. The van der Waals surface area contributed by atoms with E-state index in [1.165, 1.54) is 6.07 Å². The van der Waals surface area contributed by atoms with Crippen molar-refractivity contribution in [1.82, 2.24) is 0 Å². The Morgan fingerprint density at radius 2 is 2.08 bits per heavy atom. The van der Waals surface area contributed by atoms with E-state index >= 15 is 0 Å². The van der Waals surface area contributed by atoms with Gasteiger partial charge in [0.05, 0.1) is 17.8 Å².